The van der Waals surface area contributed by atoms with Crippen molar-refractivity contribution >= 4 is 23.4 Å². The van der Waals surface area contributed by atoms with Crippen molar-refractivity contribution in [2.24, 2.45) is 0 Å². The van der Waals surface area contributed by atoms with Crippen molar-refractivity contribution < 1.29 is 14.5 Å². The SMILES string of the molecule is C=Cc1cc(C(=O)OC)cc([N+](=O)[O-])c1N. The van der Waals surface area contributed by atoms with E-state index in [0.717, 1.165) is 6.07 Å². The Balaban J connectivity index is 3.45. The standard InChI is InChI=1S/C10H10N2O4/c1-3-6-4-7(10(13)16-2)5-8(9(6)11)12(14)15/h3-5H,1,11H2,2H3. The molecule has 1 aromatic rings. The van der Waals surface area contributed by atoms with Crippen LogP contribution >= 0.6 is 0 Å². The molecule has 0 saturated heterocycles. The van der Waals surface area contributed by atoms with Crippen molar-refractivity contribution in [3.8, 4) is 0 Å². The van der Waals surface area contributed by atoms with E-state index in [4.69, 9.17) is 5.73 Å². The van der Waals surface area contributed by atoms with Gasteiger partial charge in [0.2, 0.25) is 0 Å². The van der Waals surface area contributed by atoms with Gasteiger partial charge in [-0.2, -0.15) is 0 Å². The average Bonchev–Trinajstić information content (AvgIpc) is 2.27. The Morgan fingerprint density at radius 1 is 1.62 bits per heavy atom. The zero-order valence-electron chi connectivity index (χ0n) is 8.60. The van der Waals surface area contributed by atoms with Gasteiger partial charge in [-0.3, -0.25) is 10.1 Å². The van der Waals surface area contributed by atoms with Gasteiger partial charge in [0.05, 0.1) is 17.6 Å². The molecule has 0 unspecified atom stereocenters. The third kappa shape index (κ3) is 2.00. The van der Waals surface area contributed by atoms with Crippen molar-refractivity contribution in [1.82, 2.24) is 0 Å². The summed E-state index contributed by atoms with van der Waals surface area (Å²) in [5.41, 5.74) is 5.58. The molecule has 6 nitrogen and oxygen atoms in total. The number of carbonyl (C=O) groups excluding carboxylic acids is 1. The summed E-state index contributed by atoms with van der Waals surface area (Å²) < 4.78 is 4.47. The number of esters is 1. The van der Waals surface area contributed by atoms with Gasteiger partial charge in [-0.1, -0.05) is 12.7 Å². The van der Waals surface area contributed by atoms with Crippen LogP contribution in [0.15, 0.2) is 18.7 Å². The third-order valence-corrected chi connectivity index (χ3v) is 2.03. The van der Waals surface area contributed by atoms with Crippen molar-refractivity contribution in [3.05, 3.63) is 40.0 Å². The molecule has 0 atom stereocenters. The van der Waals surface area contributed by atoms with Gasteiger partial charge in [0.15, 0.2) is 0 Å². The Kier molecular flexibility index (Phi) is 3.24. The van der Waals surface area contributed by atoms with Crippen molar-refractivity contribution in [1.29, 1.82) is 0 Å². The maximum Gasteiger partial charge on any atom is 0.338 e. The molecule has 84 valence electrons. The predicted octanol–water partition coefficient (Wildman–Crippen LogP) is 1.61. The highest BCUT2D eigenvalue weighted by Crippen LogP contribution is 2.28. The Labute approximate surface area is 91.5 Å². The summed E-state index contributed by atoms with van der Waals surface area (Å²) >= 11 is 0. The summed E-state index contributed by atoms with van der Waals surface area (Å²) in [6.07, 6.45) is 1.34. The van der Waals surface area contributed by atoms with E-state index in [1.165, 1.54) is 19.3 Å². The van der Waals surface area contributed by atoms with E-state index in [1.807, 2.05) is 0 Å². The number of nitrogens with two attached hydrogens (primary N) is 1. The molecule has 0 aliphatic rings. The minimum atomic E-state index is -0.661. The first kappa shape index (κ1) is 11.7. The molecule has 0 aliphatic heterocycles. The number of ether oxygens (including phenoxy) is 1. The van der Waals surface area contributed by atoms with Gasteiger partial charge in [-0.25, -0.2) is 4.79 Å². The van der Waals surface area contributed by atoms with Gasteiger partial charge >= 0.3 is 5.97 Å². The molecule has 0 bridgehead atoms. The smallest absolute Gasteiger partial charge is 0.338 e. The normalized spacial score (nSPS) is 9.56. The highest BCUT2D eigenvalue weighted by atomic mass is 16.6. The minimum Gasteiger partial charge on any atom is -0.465 e. The van der Waals surface area contributed by atoms with E-state index in [0.29, 0.717) is 5.56 Å². The lowest BCUT2D eigenvalue weighted by Crippen LogP contribution is -2.05. The second-order valence-corrected chi connectivity index (χ2v) is 2.95. The van der Waals surface area contributed by atoms with E-state index in [-0.39, 0.29) is 16.9 Å². The fourth-order valence-electron chi connectivity index (χ4n) is 1.22. The predicted molar refractivity (Wildman–Crippen MR) is 58.9 cm³/mol. The van der Waals surface area contributed by atoms with Gasteiger partial charge in [0, 0.05) is 11.6 Å². The number of rotatable bonds is 3. The van der Waals surface area contributed by atoms with Gasteiger partial charge in [0.1, 0.15) is 5.69 Å². The van der Waals surface area contributed by atoms with Crippen LogP contribution in [-0.2, 0) is 4.74 Å². The molecule has 0 amide bonds. The van der Waals surface area contributed by atoms with Crippen LogP contribution < -0.4 is 5.73 Å². The molecule has 0 spiro atoms. The number of hydrogen-bond donors (Lipinski definition) is 1. The monoisotopic (exact) mass is 222 g/mol. The van der Waals surface area contributed by atoms with Crippen molar-refractivity contribution in [2.75, 3.05) is 12.8 Å². The van der Waals surface area contributed by atoms with Crippen molar-refractivity contribution in [2.45, 2.75) is 0 Å². The maximum atomic E-state index is 11.2. The molecule has 0 fully saturated rings. The Hall–Kier alpha value is -2.37. The van der Waals surface area contributed by atoms with Gasteiger partial charge in [0.25, 0.3) is 5.69 Å². The molecule has 0 aliphatic carbocycles. The largest absolute Gasteiger partial charge is 0.465 e. The number of hydrogen-bond acceptors (Lipinski definition) is 5. The quantitative estimate of drug-likeness (QED) is 0.362. The van der Waals surface area contributed by atoms with Crippen LogP contribution in [0.4, 0.5) is 11.4 Å². The highest BCUT2D eigenvalue weighted by Gasteiger charge is 2.19. The molecule has 1 rings (SSSR count). The van der Waals surface area contributed by atoms with E-state index >= 15 is 0 Å². The highest BCUT2D eigenvalue weighted by molar-refractivity contribution is 5.93. The van der Waals surface area contributed by atoms with Gasteiger partial charge < -0.3 is 10.5 Å². The van der Waals surface area contributed by atoms with Crippen molar-refractivity contribution in [3.63, 3.8) is 0 Å². The molecule has 16 heavy (non-hydrogen) atoms. The van der Waals surface area contributed by atoms with Crippen LogP contribution in [0.1, 0.15) is 15.9 Å². The number of carbonyl (C=O) groups is 1. The van der Waals surface area contributed by atoms with Crippen LogP contribution in [0.25, 0.3) is 6.08 Å². The fourth-order valence-corrected chi connectivity index (χ4v) is 1.22. The number of nitro benzene ring substituents is 1. The molecule has 0 saturated carbocycles. The third-order valence-electron chi connectivity index (χ3n) is 2.03. The molecule has 1 aromatic carbocycles. The second-order valence-electron chi connectivity index (χ2n) is 2.95. The van der Waals surface area contributed by atoms with Gasteiger partial charge in [-0.05, 0) is 6.07 Å². The number of methoxy groups -OCH3 is 1. The summed E-state index contributed by atoms with van der Waals surface area (Å²) in [6.45, 7) is 3.46. The maximum absolute atomic E-state index is 11.2. The number of anilines is 1. The van der Waals surface area contributed by atoms with Crippen LogP contribution in [0.2, 0.25) is 0 Å². The van der Waals surface area contributed by atoms with E-state index in [1.54, 1.807) is 0 Å². The Morgan fingerprint density at radius 2 is 2.25 bits per heavy atom. The number of benzene rings is 1. The lowest BCUT2D eigenvalue weighted by Gasteiger charge is -2.05. The lowest BCUT2D eigenvalue weighted by atomic mass is 10.1. The first-order valence-electron chi connectivity index (χ1n) is 4.30. The van der Waals surface area contributed by atoms with Crippen LogP contribution in [-0.4, -0.2) is 18.0 Å². The van der Waals surface area contributed by atoms with E-state index in [2.05, 4.69) is 11.3 Å². The summed E-state index contributed by atoms with van der Waals surface area (Å²) in [4.78, 5) is 21.3. The Bertz CT molecular complexity index is 468. The summed E-state index contributed by atoms with van der Waals surface area (Å²) in [5.74, 6) is -0.661. The number of nitrogens with zero attached hydrogens (tertiary/aromatic N) is 1. The topological polar surface area (TPSA) is 95.5 Å². The fraction of sp³-hybridized carbons (Fsp3) is 0.100. The number of nitro groups is 1. The first-order chi connectivity index (χ1) is 7.51. The molecular formula is C10H10N2O4. The zero-order chi connectivity index (χ0) is 12.3. The lowest BCUT2D eigenvalue weighted by molar-refractivity contribution is -0.383. The minimum absolute atomic E-state index is 0.0207. The molecular weight excluding hydrogens is 212 g/mol. The molecule has 0 radical (unpaired) electrons. The Morgan fingerprint density at radius 3 is 2.69 bits per heavy atom. The van der Waals surface area contributed by atoms with Crippen LogP contribution in [0.3, 0.4) is 0 Å². The second kappa shape index (κ2) is 4.43. The summed E-state index contributed by atoms with van der Waals surface area (Å²) in [6, 6.07) is 2.47. The average molecular weight is 222 g/mol. The number of nitrogen functional groups attached to an aromatic ring is 1. The zero-order valence-corrected chi connectivity index (χ0v) is 8.60. The van der Waals surface area contributed by atoms with Gasteiger partial charge in [-0.15, -0.1) is 0 Å². The van der Waals surface area contributed by atoms with E-state index in [9.17, 15) is 14.9 Å². The molecule has 2 N–H and O–H groups in total. The summed E-state index contributed by atoms with van der Waals surface area (Å²) in [5, 5.41) is 10.7. The summed E-state index contributed by atoms with van der Waals surface area (Å²) in [7, 11) is 1.19. The molecule has 0 aromatic heterocycles. The molecule has 6 heteroatoms. The van der Waals surface area contributed by atoms with Crippen LogP contribution in [0, 0.1) is 10.1 Å². The van der Waals surface area contributed by atoms with Crippen LogP contribution in [0.5, 0.6) is 0 Å². The van der Waals surface area contributed by atoms with E-state index < -0.39 is 10.9 Å². The first-order valence-corrected chi connectivity index (χ1v) is 4.30. The molecule has 0 heterocycles.